The number of rotatable bonds is 13. The van der Waals surface area contributed by atoms with E-state index in [2.05, 4.69) is 6.92 Å². The highest BCUT2D eigenvalue weighted by Gasteiger charge is 2.14. The number of unbranched alkanes of at least 4 members (excludes halogenated alkanes) is 9. The summed E-state index contributed by atoms with van der Waals surface area (Å²) in [4.78, 5) is 0. The van der Waals surface area contributed by atoms with E-state index < -0.39 is 6.10 Å². The van der Waals surface area contributed by atoms with Gasteiger partial charge in [-0.1, -0.05) is 71.1 Å². The van der Waals surface area contributed by atoms with Crippen molar-refractivity contribution >= 4 is 0 Å². The maximum atomic E-state index is 10.2. The number of benzene rings is 1. The molecule has 1 rings (SSSR count). The SMILES string of the molecule is CCCCCCCCCCCCC(O)c1cc(O)c(O)c(OC)c1. The first-order valence-electron chi connectivity index (χ1n) is 9.38. The minimum absolute atomic E-state index is 0.187. The third-order valence-corrected chi connectivity index (χ3v) is 4.51. The van der Waals surface area contributed by atoms with Crippen LogP contribution in [-0.2, 0) is 0 Å². The normalized spacial score (nSPS) is 12.3. The third-order valence-electron chi connectivity index (χ3n) is 4.51. The Bertz CT molecular complexity index is 459. The molecule has 0 spiro atoms. The minimum Gasteiger partial charge on any atom is -0.504 e. The van der Waals surface area contributed by atoms with Gasteiger partial charge in [0, 0.05) is 0 Å². The lowest BCUT2D eigenvalue weighted by Gasteiger charge is -2.14. The van der Waals surface area contributed by atoms with E-state index >= 15 is 0 Å². The number of hydrogen-bond donors (Lipinski definition) is 3. The zero-order chi connectivity index (χ0) is 17.8. The summed E-state index contributed by atoms with van der Waals surface area (Å²) >= 11 is 0. The number of methoxy groups -OCH3 is 1. The van der Waals surface area contributed by atoms with Gasteiger partial charge in [-0.25, -0.2) is 0 Å². The average Bonchev–Trinajstić information content (AvgIpc) is 2.58. The van der Waals surface area contributed by atoms with Crippen molar-refractivity contribution in [3.63, 3.8) is 0 Å². The maximum Gasteiger partial charge on any atom is 0.200 e. The summed E-state index contributed by atoms with van der Waals surface area (Å²) in [6.45, 7) is 2.24. The van der Waals surface area contributed by atoms with Crippen molar-refractivity contribution < 1.29 is 20.1 Å². The molecule has 1 unspecified atom stereocenters. The van der Waals surface area contributed by atoms with Crippen LogP contribution >= 0.6 is 0 Å². The number of aliphatic hydroxyl groups is 1. The van der Waals surface area contributed by atoms with Gasteiger partial charge in [0.05, 0.1) is 13.2 Å². The molecule has 0 saturated heterocycles. The Morgan fingerprint density at radius 1 is 0.875 bits per heavy atom. The van der Waals surface area contributed by atoms with Crippen LogP contribution in [-0.4, -0.2) is 22.4 Å². The molecule has 0 amide bonds. The van der Waals surface area contributed by atoms with Crippen LogP contribution in [0.2, 0.25) is 0 Å². The fourth-order valence-electron chi connectivity index (χ4n) is 2.95. The summed E-state index contributed by atoms with van der Waals surface area (Å²) in [5, 5.41) is 29.5. The molecule has 0 bridgehead atoms. The summed E-state index contributed by atoms with van der Waals surface area (Å²) in [6, 6.07) is 2.98. The van der Waals surface area contributed by atoms with E-state index in [0.717, 1.165) is 12.8 Å². The first-order chi connectivity index (χ1) is 11.6. The van der Waals surface area contributed by atoms with Gasteiger partial charge in [0.15, 0.2) is 11.5 Å². The van der Waals surface area contributed by atoms with Gasteiger partial charge in [-0.05, 0) is 24.1 Å². The van der Waals surface area contributed by atoms with Crippen molar-refractivity contribution in [2.45, 2.75) is 83.7 Å². The molecule has 138 valence electrons. The predicted octanol–water partition coefficient (Wildman–Crippen LogP) is 5.45. The molecular weight excluding hydrogens is 304 g/mol. The summed E-state index contributed by atoms with van der Waals surface area (Å²) in [5.74, 6) is -0.356. The average molecular weight is 338 g/mol. The first-order valence-corrected chi connectivity index (χ1v) is 9.38. The van der Waals surface area contributed by atoms with Gasteiger partial charge in [0.2, 0.25) is 5.75 Å². The minimum atomic E-state index is -0.639. The second-order valence-corrected chi connectivity index (χ2v) is 6.58. The lowest BCUT2D eigenvalue weighted by Crippen LogP contribution is -1.98. The van der Waals surface area contributed by atoms with Crippen molar-refractivity contribution in [3.05, 3.63) is 17.7 Å². The molecule has 24 heavy (non-hydrogen) atoms. The van der Waals surface area contributed by atoms with Crippen LogP contribution in [0.15, 0.2) is 12.1 Å². The Kier molecular flexibility index (Phi) is 10.3. The van der Waals surface area contributed by atoms with E-state index in [1.54, 1.807) is 6.07 Å². The van der Waals surface area contributed by atoms with Crippen LogP contribution in [0.25, 0.3) is 0 Å². The largest absolute Gasteiger partial charge is 0.504 e. The molecule has 4 heteroatoms. The topological polar surface area (TPSA) is 69.9 Å². The molecule has 0 aliphatic carbocycles. The Labute approximate surface area is 146 Å². The summed E-state index contributed by atoms with van der Waals surface area (Å²) < 4.78 is 5.00. The lowest BCUT2D eigenvalue weighted by molar-refractivity contribution is 0.162. The Balaban J connectivity index is 2.18. The molecule has 0 aliphatic heterocycles. The first kappa shape index (κ1) is 20.6. The number of ether oxygens (including phenoxy) is 1. The highest BCUT2D eigenvalue weighted by Crippen LogP contribution is 2.38. The maximum absolute atomic E-state index is 10.2. The second-order valence-electron chi connectivity index (χ2n) is 6.58. The predicted molar refractivity (Wildman–Crippen MR) is 97.7 cm³/mol. The molecule has 4 nitrogen and oxygen atoms in total. The smallest absolute Gasteiger partial charge is 0.200 e. The summed E-state index contributed by atoms with van der Waals surface area (Å²) in [5.41, 5.74) is 0.582. The fourth-order valence-corrected chi connectivity index (χ4v) is 2.95. The van der Waals surface area contributed by atoms with Crippen LogP contribution in [0.3, 0.4) is 0 Å². The van der Waals surface area contributed by atoms with Crippen LogP contribution in [0, 0.1) is 0 Å². The van der Waals surface area contributed by atoms with Gasteiger partial charge in [0.1, 0.15) is 0 Å². The van der Waals surface area contributed by atoms with E-state index in [1.165, 1.54) is 64.5 Å². The third kappa shape index (κ3) is 7.43. The van der Waals surface area contributed by atoms with Gasteiger partial charge in [0.25, 0.3) is 0 Å². The Hall–Kier alpha value is -1.42. The molecule has 0 radical (unpaired) electrons. The Morgan fingerprint density at radius 2 is 1.42 bits per heavy atom. The lowest BCUT2D eigenvalue weighted by atomic mass is 10.0. The van der Waals surface area contributed by atoms with E-state index in [-0.39, 0.29) is 17.2 Å². The van der Waals surface area contributed by atoms with Crippen molar-refractivity contribution in [1.29, 1.82) is 0 Å². The van der Waals surface area contributed by atoms with Gasteiger partial charge < -0.3 is 20.1 Å². The zero-order valence-corrected chi connectivity index (χ0v) is 15.3. The van der Waals surface area contributed by atoms with Crippen LogP contribution < -0.4 is 4.74 Å². The molecule has 0 heterocycles. The van der Waals surface area contributed by atoms with Crippen molar-refractivity contribution in [2.75, 3.05) is 7.11 Å². The van der Waals surface area contributed by atoms with Gasteiger partial charge in [-0.3, -0.25) is 0 Å². The molecular formula is C20H34O4. The highest BCUT2D eigenvalue weighted by atomic mass is 16.5. The number of phenols is 2. The zero-order valence-electron chi connectivity index (χ0n) is 15.3. The van der Waals surface area contributed by atoms with Crippen molar-refractivity contribution in [2.24, 2.45) is 0 Å². The van der Waals surface area contributed by atoms with E-state index in [9.17, 15) is 15.3 Å². The number of aliphatic hydroxyl groups excluding tert-OH is 1. The standard InChI is InChI=1S/C20H34O4/c1-3-4-5-6-7-8-9-10-11-12-13-17(21)16-14-18(22)20(23)19(15-16)24-2/h14-15,17,21-23H,3-13H2,1-2H3. The van der Waals surface area contributed by atoms with Gasteiger partial charge >= 0.3 is 0 Å². The number of aromatic hydroxyl groups is 2. The van der Waals surface area contributed by atoms with E-state index in [1.807, 2.05) is 0 Å². The van der Waals surface area contributed by atoms with Crippen molar-refractivity contribution in [3.8, 4) is 17.2 Å². The van der Waals surface area contributed by atoms with Crippen LogP contribution in [0.1, 0.15) is 89.2 Å². The summed E-state index contributed by atoms with van der Waals surface area (Å²) in [6.07, 6.45) is 12.6. The molecule has 0 aliphatic rings. The monoisotopic (exact) mass is 338 g/mol. The van der Waals surface area contributed by atoms with Crippen molar-refractivity contribution in [1.82, 2.24) is 0 Å². The molecule has 1 aromatic carbocycles. The molecule has 3 N–H and O–H groups in total. The van der Waals surface area contributed by atoms with Gasteiger partial charge in [-0.15, -0.1) is 0 Å². The molecule has 0 saturated carbocycles. The number of phenolic OH excluding ortho intramolecular Hbond substituents is 2. The molecule has 1 aromatic rings. The molecule has 1 atom stereocenters. The van der Waals surface area contributed by atoms with Crippen LogP contribution in [0.5, 0.6) is 17.2 Å². The second kappa shape index (κ2) is 12.0. The Morgan fingerprint density at radius 3 is 1.96 bits per heavy atom. The highest BCUT2D eigenvalue weighted by molar-refractivity contribution is 5.52. The quantitative estimate of drug-likeness (QED) is 0.330. The summed E-state index contributed by atoms with van der Waals surface area (Å²) in [7, 11) is 1.42. The molecule has 0 fully saturated rings. The van der Waals surface area contributed by atoms with Gasteiger partial charge in [-0.2, -0.15) is 0 Å². The van der Waals surface area contributed by atoms with E-state index in [4.69, 9.17) is 4.74 Å². The molecule has 0 aromatic heterocycles. The fraction of sp³-hybridized carbons (Fsp3) is 0.700. The van der Waals surface area contributed by atoms with E-state index in [0.29, 0.717) is 12.0 Å². The number of hydrogen-bond acceptors (Lipinski definition) is 4. The van der Waals surface area contributed by atoms with Crippen LogP contribution in [0.4, 0.5) is 0 Å².